The van der Waals surface area contributed by atoms with Crippen LogP contribution in [-0.4, -0.2) is 32.3 Å². The van der Waals surface area contributed by atoms with Crippen LogP contribution in [-0.2, 0) is 18.4 Å². The monoisotopic (exact) mass is 253 g/mol. The second-order valence-corrected chi connectivity index (χ2v) is 4.30. The highest BCUT2D eigenvalue weighted by Gasteiger charge is 2.12. The van der Waals surface area contributed by atoms with Gasteiger partial charge < -0.3 is 14.9 Å². The van der Waals surface area contributed by atoms with Gasteiger partial charge in [-0.15, -0.1) is 0 Å². The Balaban J connectivity index is 2.42. The molecule has 0 saturated heterocycles. The smallest absolute Gasteiger partial charge is 0.221 e. The van der Waals surface area contributed by atoms with E-state index in [2.05, 4.69) is 15.4 Å². The topological polar surface area (TPSA) is 67.6 Å². The highest BCUT2D eigenvalue weighted by molar-refractivity contribution is 7.71. The van der Waals surface area contributed by atoms with Crippen LogP contribution in [0.25, 0.3) is 11.2 Å². The van der Waals surface area contributed by atoms with Crippen LogP contribution in [0.5, 0.6) is 0 Å². The van der Waals surface area contributed by atoms with Gasteiger partial charge in [-0.05, 0) is 19.1 Å². The van der Waals surface area contributed by atoms with Gasteiger partial charge in [-0.3, -0.25) is 9.48 Å². The Labute approximate surface area is 104 Å². The van der Waals surface area contributed by atoms with Crippen LogP contribution < -0.4 is 5.32 Å². The molecular weight excluding hydrogens is 238 g/mol. The Kier molecular flexibility index (Phi) is 3.01. The summed E-state index contributed by atoms with van der Waals surface area (Å²) in [6, 6.07) is 0. The lowest BCUT2D eigenvalue weighted by Gasteiger charge is -2.03. The molecule has 2 N–H and O–H groups in total. The van der Waals surface area contributed by atoms with Crippen molar-refractivity contribution < 1.29 is 4.79 Å². The molecule has 2 aromatic rings. The van der Waals surface area contributed by atoms with Crippen molar-refractivity contribution in [1.29, 1.82) is 0 Å². The number of nitrogens with zero attached hydrogens (tertiary/aromatic N) is 3. The minimum absolute atomic E-state index is 0.000130. The van der Waals surface area contributed by atoms with Crippen molar-refractivity contribution >= 4 is 29.3 Å². The van der Waals surface area contributed by atoms with Gasteiger partial charge >= 0.3 is 0 Å². The minimum atomic E-state index is 0.000130. The average molecular weight is 253 g/mol. The fourth-order valence-corrected chi connectivity index (χ4v) is 2.20. The van der Waals surface area contributed by atoms with E-state index >= 15 is 0 Å². The van der Waals surface area contributed by atoms with Crippen LogP contribution in [0.15, 0.2) is 0 Å². The molecule has 0 spiro atoms. The predicted octanol–water partition coefficient (Wildman–Crippen LogP) is 0.877. The minimum Gasteiger partial charge on any atom is -0.359 e. The zero-order valence-electron chi connectivity index (χ0n) is 10.1. The number of imidazole rings is 1. The molecule has 0 aliphatic carbocycles. The molecule has 2 aromatic heterocycles. The lowest BCUT2D eigenvalue weighted by molar-refractivity contribution is -0.120. The Morgan fingerprint density at radius 3 is 2.94 bits per heavy atom. The quantitative estimate of drug-likeness (QED) is 0.798. The number of rotatable bonds is 3. The summed E-state index contributed by atoms with van der Waals surface area (Å²) in [6.07, 6.45) is 0.405. The summed E-state index contributed by atoms with van der Waals surface area (Å²) < 4.78 is 4.31. The lowest BCUT2D eigenvalue weighted by Crippen LogP contribution is -2.19. The van der Waals surface area contributed by atoms with Crippen LogP contribution in [0.3, 0.4) is 0 Å². The molecule has 92 valence electrons. The van der Waals surface area contributed by atoms with Gasteiger partial charge in [0, 0.05) is 27.1 Å². The second-order valence-electron chi connectivity index (χ2n) is 3.91. The van der Waals surface area contributed by atoms with Crippen LogP contribution in [0.2, 0.25) is 0 Å². The van der Waals surface area contributed by atoms with Crippen molar-refractivity contribution in [3.8, 4) is 0 Å². The Morgan fingerprint density at radius 1 is 1.59 bits per heavy atom. The van der Waals surface area contributed by atoms with E-state index in [1.807, 2.05) is 18.5 Å². The first-order valence-electron chi connectivity index (χ1n) is 5.37. The second kappa shape index (κ2) is 4.33. The Hall–Kier alpha value is -1.63. The fraction of sp³-hybridized carbons (Fsp3) is 0.500. The molecule has 6 nitrogen and oxygen atoms in total. The molecule has 1 amide bonds. The largest absolute Gasteiger partial charge is 0.359 e. The highest BCUT2D eigenvalue weighted by atomic mass is 32.1. The first-order valence-corrected chi connectivity index (χ1v) is 5.78. The van der Waals surface area contributed by atoms with Gasteiger partial charge in [0.2, 0.25) is 5.91 Å². The van der Waals surface area contributed by atoms with E-state index in [1.165, 1.54) is 0 Å². The maximum absolute atomic E-state index is 11.3. The van der Waals surface area contributed by atoms with Gasteiger partial charge in [-0.2, -0.15) is 5.10 Å². The molecule has 0 aromatic carbocycles. The SMILES string of the molecule is CNC(=O)CCn1c(=S)[nH]c2c(C)nn(C)c21. The van der Waals surface area contributed by atoms with Gasteiger partial charge in [0.1, 0.15) is 5.52 Å². The van der Waals surface area contributed by atoms with Crippen molar-refractivity contribution in [3.05, 3.63) is 10.5 Å². The zero-order valence-corrected chi connectivity index (χ0v) is 10.9. The van der Waals surface area contributed by atoms with E-state index in [9.17, 15) is 4.79 Å². The van der Waals surface area contributed by atoms with Crippen LogP contribution >= 0.6 is 12.2 Å². The molecule has 0 aliphatic heterocycles. The van der Waals surface area contributed by atoms with E-state index in [4.69, 9.17) is 12.2 Å². The predicted molar refractivity (Wildman–Crippen MR) is 67.3 cm³/mol. The third-order valence-corrected chi connectivity index (χ3v) is 3.09. The summed E-state index contributed by atoms with van der Waals surface area (Å²) in [4.78, 5) is 14.4. The number of aryl methyl sites for hydroxylation is 3. The van der Waals surface area contributed by atoms with Crippen molar-refractivity contribution in [2.45, 2.75) is 19.9 Å². The van der Waals surface area contributed by atoms with Crippen LogP contribution in [0.4, 0.5) is 0 Å². The van der Waals surface area contributed by atoms with Gasteiger partial charge in [0.05, 0.1) is 5.69 Å². The molecule has 0 fully saturated rings. The van der Waals surface area contributed by atoms with Crippen molar-refractivity contribution in [3.63, 3.8) is 0 Å². The number of fused-ring (bicyclic) bond motifs is 1. The molecule has 0 saturated carbocycles. The third kappa shape index (κ3) is 1.97. The van der Waals surface area contributed by atoms with Gasteiger partial charge in [-0.1, -0.05) is 0 Å². The summed E-state index contributed by atoms with van der Waals surface area (Å²) in [5.41, 5.74) is 2.78. The normalized spacial score (nSPS) is 11.0. The molecule has 2 rings (SSSR count). The number of amides is 1. The molecule has 2 heterocycles. The first-order chi connectivity index (χ1) is 8.04. The Bertz CT molecular complexity index is 620. The number of hydrogen-bond acceptors (Lipinski definition) is 3. The van der Waals surface area contributed by atoms with Gasteiger partial charge in [0.25, 0.3) is 0 Å². The maximum atomic E-state index is 11.3. The highest BCUT2D eigenvalue weighted by Crippen LogP contribution is 2.17. The lowest BCUT2D eigenvalue weighted by atomic mass is 10.4. The molecule has 7 heteroatoms. The number of hydrogen-bond donors (Lipinski definition) is 2. The van der Waals surface area contributed by atoms with E-state index in [0.717, 1.165) is 16.9 Å². The van der Waals surface area contributed by atoms with Crippen LogP contribution in [0, 0.1) is 11.7 Å². The van der Waals surface area contributed by atoms with Crippen LogP contribution in [0.1, 0.15) is 12.1 Å². The molecular formula is C10H15N5OS. The number of aromatic amines is 1. The first kappa shape index (κ1) is 11.8. The molecule has 0 aliphatic rings. The molecule has 17 heavy (non-hydrogen) atoms. The summed E-state index contributed by atoms with van der Waals surface area (Å²) in [5.74, 6) is 0.000130. The number of nitrogens with one attached hydrogen (secondary N) is 2. The third-order valence-electron chi connectivity index (χ3n) is 2.77. The van der Waals surface area contributed by atoms with Gasteiger partial charge in [-0.25, -0.2) is 0 Å². The number of aromatic nitrogens is 4. The van der Waals surface area contributed by atoms with Gasteiger partial charge in [0.15, 0.2) is 10.4 Å². The summed E-state index contributed by atoms with van der Waals surface area (Å²) >= 11 is 5.25. The number of carbonyl (C=O) groups is 1. The summed E-state index contributed by atoms with van der Waals surface area (Å²) in [6.45, 7) is 2.48. The number of H-pyrrole nitrogens is 1. The fourth-order valence-electron chi connectivity index (χ4n) is 1.92. The summed E-state index contributed by atoms with van der Waals surface area (Å²) in [7, 11) is 3.50. The Morgan fingerprint density at radius 2 is 2.29 bits per heavy atom. The molecule has 0 bridgehead atoms. The molecule has 0 atom stereocenters. The van der Waals surface area contributed by atoms with Crippen molar-refractivity contribution in [1.82, 2.24) is 24.6 Å². The molecule has 0 radical (unpaired) electrons. The van der Waals surface area contributed by atoms with E-state index in [0.29, 0.717) is 17.7 Å². The standard InChI is InChI=1S/C10H15N5OS/c1-6-8-9(14(3)13-6)15(10(17)12-8)5-4-7(16)11-2/h4-5H2,1-3H3,(H,11,16)(H,12,17). The van der Waals surface area contributed by atoms with Crippen molar-refractivity contribution in [2.75, 3.05) is 7.05 Å². The molecule has 0 unspecified atom stereocenters. The zero-order chi connectivity index (χ0) is 12.6. The van der Waals surface area contributed by atoms with E-state index in [-0.39, 0.29) is 5.91 Å². The van der Waals surface area contributed by atoms with E-state index in [1.54, 1.807) is 11.7 Å². The number of carbonyl (C=O) groups excluding carboxylic acids is 1. The maximum Gasteiger partial charge on any atom is 0.221 e. The van der Waals surface area contributed by atoms with Crippen molar-refractivity contribution in [2.24, 2.45) is 7.05 Å². The summed E-state index contributed by atoms with van der Waals surface area (Å²) in [5, 5.41) is 6.91. The average Bonchev–Trinajstić information content (AvgIpc) is 2.75. The van der Waals surface area contributed by atoms with E-state index < -0.39 is 0 Å².